The van der Waals surface area contributed by atoms with Crippen molar-refractivity contribution in [3.8, 4) is 0 Å². The maximum absolute atomic E-state index is 13.0. The van der Waals surface area contributed by atoms with Crippen LogP contribution in [0.1, 0.15) is 52.8 Å². The minimum Gasteiger partial charge on any atom is -0.357 e. The van der Waals surface area contributed by atoms with E-state index in [0.717, 1.165) is 35.7 Å². The van der Waals surface area contributed by atoms with Crippen LogP contribution in [-0.2, 0) is 9.59 Å². The number of imide groups is 2. The number of fused-ring (bicyclic) bond motifs is 1. The van der Waals surface area contributed by atoms with Crippen molar-refractivity contribution in [3.63, 3.8) is 0 Å². The molecule has 0 saturated carbocycles. The van der Waals surface area contributed by atoms with Gasteiger partial charge in [-0.05, 0) is 37.8 Å². The van der Waals surface area contributed by atoms with Crippen molar-refractivity contribution in [1.29, 1.82) is 0 Å². The lowest BCUT2D eigenvalue weighted by molar-refractivity contribution is -0.150. The normalized spacial score (nSPS) is 22.3. The first-order chi connectivity index (χ1) is 14.0. The van der Waals surface area contributed by atoms with Gasteiger partial charge >= 0.3 is 0 Å². The highest BCUT2D eigenvalue weighted by molar-refractivity contribution is 8.22. The minimum absolute atomic E-state index is 0.104. The van der Waals surface area contributed by atoms with Crippen LogP contribution in [0.2, 0.25) is 0 Å². The van der Waals surface area contributed by atoms with E-state index in [1.54, 1.807) is 24.3 Å². The highest BCUT2D eigenvalue weighted by Gasteiger charge is 2.46. The number of rotatable bonds is 3. The smallest absolute Gasteiger partial charge is 0.262 e. The predicted octanol–water partition coefficient (Wildman–Crippen LogP) is 2.26. The number of benzene rings is 1. The molecule has 29 heavy (non-hydrogen) atoms. The molecule has 7 nitrogen and oxygen atoms in total. The second-order valence-corrected chi connectivity index (χ2v) is 8.91. The number of hydrogen-bond acceptors (Lipinski definition) is 6. The molecule has 0 spiro atoms. The van der Waals surface area contributed by atoms with Crippen LogP contribution in [0.5, 0.6) is 0 Å². The van der Waals surface area contributed by atoms with Gasteiger partial charge in [0.05, 0.1) is 17.0 Å². The lowest BCUT2D eigenvalue weighted by atomic mass is 10.0. The van der Waals surface area contributed by atoms with Crippen molar-refractivity contribution in [3.05, 3.63) is 35.4 Å². The summed E-state index contributed by atoms with van der Waals surface area (Å²) in [5, 5.41) is 0. The Morgan fingerprint density at radius 3 is 2.24 bits per heavy atom. The molecule has 1 aromatic carbocycles. The van der Waals surface area contributed by atoms with E-state index in [1.807, 2.05) is 0 Å². The molecule has 4 amide bonds. The quantitative estimate of drug-likeness (QED) is 0.537. The average molecular weight is 432 g/mol. The number of nitrogens with zero attached hydrogens (tertiary/aromatic N) is 3. The van der Waals surface area contributed by atoms with Crippen LogP contribution in [-0.4, -0.2) is 67.7 Å². The van der Waals surface area contributed by atoms with Crippen LogP contribution in [0, 0.1) is 0 Å². The summed E-state index contributed by atoms with van der Waals surface area (Å²) in [5.74, 6) is -1.65. The Hall–Kier alpha value is -2.26. The van der Waals surface area contributed by atoms with Gasteiger partial charge in [-0.3, -0.25) is 29.0 Å². The van der Waals surface area contributed by atoms with Crippen molar-refractivity contribution in [2.45, 2.75) is 38.1 Å². The molecule has 0 aromatic heterocycles. The predicted molar refractivity (Wildman–Crippen MR) is 112 cm³/mol. The number of carbonyl (C=O) groups is 4. The summed E-state index contributed by atoms with van der Waals surface area (Å²) in [4.78, 5) is 55.1. The third-order valence-electron chi connectivity index (χ3n) is 5.55. The largest absolute Gasteiger partial charge is 0.357 e. The zero-order chi connectivity index (χ0) is 20.5. The molecule has 1 unspecified atom stereocenters. The number of thiocarbonyl (C=S) groups is 1. The van der Waals surface area contributed by atoms with Gasteiger partial charge in [0.15, 0.2) is 0 Å². The van der Waals surface area contributed by atoms with Crippen molar-refractivity contribution < 1.29 is 19.2 Å². The molecule has 152 valence electrons. The van der Waals surface area contributed by atoms with E-state index in [4.69, 9.17) is 12.2 Å². The molecule has 0 N–H and O–H groups in total. The van der Waals surface area contributed by atoms with Gasteiger partial charge in [-0.1, -0.05) is 36.1 Å². The number of likely N-dealkylation sites (tertiary alicyclic amines) is 2. The van der Waals surface area contributed by atoms with Crippen LogP contribution >= 0.6 is 24.0 Å². The summed E-state index contributed by atoms with van der Waals surface area (Å²) >= 11 is 6.75. The molecular formula is C20H21N3O4S2. The molecule has 2 saturated heterocycles. The summed E-state index contributed by atoms with van der Waals surface area (Å²) in [6, 6.07) is 5.58. The number of thioether (sulfide) groups is 1. The second-order valence-electron chi connectivity index (χ2n) is 7.33. The molecular weight excluding hydrogens is 410 g/mol. The summed E-state index contributed by atoms with van der Waals surface area (Å²) < 4.78 is 0.674. The first-order valence-corrected chi connectivity index (χ1v) is 11.1. The van der Waals surface area contributed by atoms with Crippen LogP contribution in [0.25, 0.3) is 0 Å². The Balaban J connectivity index is 1.46. The Morgan fingerprint density at radius 1 is 1.00 bits per heavy atom. The molecule has 1 aromatic rings. The van der Waals surface area contributed by atoms with E-state index < -0.39 is 23.8 Å². The zero-order valence-electron chi connectivity index (χ0n) is 15.8. The van der Waals surface area contributed by atoms with Crippen LogP contribution in [0.3, 0.4) is 0 Å². The lowest BCUT2D eigenvalue weighted by Gasteiger charge is -2.35. The SMILES string of the molecule is O=C1CCC(N2C(=O)c3ccccc3C2=O)C(=O)N1CSC(=S)N1CCCCC1. The van der Waals surface area contributed by atoms with Crippen molar-refractivity contribution in [2.24, 2.45) is 0 Å². The van der Waals surface area contributed by atoms with E-state index in [-0.39, 0.29) is 24.6 Å². The van der Waals surface area contributed by atoms with E-state index in [0.29, 0.717) is 15.4 Å². The Kier molecular flexibility index (Phi) is 5.69. The number of piperidine rings is 2. The van der Waals surface area contributed by atoms with Gasteiger partial charge in [0.25, 0.3) is 17.7 Å². The molecule has 9 heteroatoms. The molecule has 0 bridgehead atoms. The molecule has 0 radical (unpaired) electrons. The van der Waals surface area contributed by atoms with Gasteiger partial charge in [-0.25, -0.2) is 0 Å². The van der Waals surface area contributed by atoms with Gasteiger partial charge in [-0.15, -0.1) is 0 Å². The Bertz CT molecular complexity index is 862. The van der Waals surface area contributed by atoms with Crippen molar-refractivity contribution in [1.82, 2.24) is 14.7 Å². The molecule has 0 aliphatic carbocycles. The first-order valence-electron chi connectivity index (χ1n) is 9.72. The van der Waals surface area contributed by atoms with E-state index in [9.17, 15) is 19.2 Å². The maximum atomic E-state index is 13.0. The molecule has 1 atom stereocenters. The Labute approximate surface area is 178 Å². The highest BCUT2D eigenvalue weighted by Crippen LogP contribution is 2.30. The Morgan fingerprint density at radius 2 is 1.62 bits per heavy atom. The van der Waals surface area contributed by atoms with Crippen molar-refractivity contribution >= 4 is 51.9 Å². The number of carbonyl (C=O) groups excluding carboxylic acids is 4. The minimum atomic E-state index is -0.954. The average Bonchev–Trinajstić information content (AvgIpc) is 2.99. The van der Waals surface area contributed by atoms with Crippen LogP contribution in [0.4, 0.5) is 0 Å². The van der Waals surface area contributed by atoms with Crippen molar-refractivity contribution in [2.75, 3.05) is 19.0 Å². The van der Waals surface area contributed by atoms with Crippen LogP contribution in [0.15, 0.2) is 24.3 Å². The van der Waals surface area contributed by atoms with E-state index in [2.05, 4.69) is 4.90 Å². The first kappa shape index (κ1) is 20.0. The number of hydrogen-bond donors (Lipinski definition) is 0. The second kappa shape index (κ2) is 8.23. The molecule has 3 aliphatic heterocycles. The van der Waals surface area contributed by atoms with E-state index in [1.165, 1.54) is 18.2 Å². The monoisotopic (exact) mass is 431 g/mol. The standard InChI is InChI=1S/C20H21N3O4S2/c24-16-9-8-15(23-17(25)13-6-2-3-7-14(13)18(23)26)19(27)22(16)12-29-20(28)21-10-4-1-5-11-21/h2-3,6-7,15H,1,4-5,8-12H2. The van der Waals surface area contributed by atoms with Gasteiger partial charge in [0.1, 0.15) is 10.4 Å². The topological polar surface area (TPSA) is 78.0 Å². The van der Waals surface area contributed by atoms with Gasteiger partial charge in [0.2, 0.25) is 5.91 Å². The fourth-order valence-electron chi connectivity index (χ4n) is 3.98. The van der Waals surface area contributed by atoms with Gasteiger partial charge < -0.3 is 4.90 Å². The molecule has 3 aliphatic rings. The van der Waals surface area contributed by atoms with Crippen LogP contribution < -0.4 is 0 Å². The maximum Gasteiger partial charge on any atom is 0.262 e. The van der Waals surface area contributed by atoms with Gasteiger partial charge in [-0.2, -0.15) is 0 Å². The molecule has 2 fully saturated rings. The van der Waals surface area contributed by atoms with E-state index >= 15 is 0 Å². The third-order valence-corrected chi connectivity index (χ3v) is 7.06. The third kappa shape index (κ3) is 3.69. The summed E-state index contributed by atoms with van der Waals surface area (Å²) in [6.07, 6.45) is 3.63. The molecule has 4 rings (SSSR count). The fraction of sp³-hybridized carbons (Fsp3) is 0.450. The summed E-state index contributed by atoms with van der Waals surface area (Å²) in [6.45, 7) is 1.79. The number of amides is 4. The highest BCUT2D eigenvalue weighted by atomic mass is 32.2. The lowest BCUT2D eigenvalue weighted by Crippen LogP contribution is -2.56. The van der Waals surface area contributed by atoms with Gasteiger partial charge in [0, 0.05) is 19.5 Å². The summed E-state index contributed by atoms with van der Waals surface area (Å²) in [7, 11) is 0. The fourth-order valence-corrected chi connectivity index (χ4v) is 5.19. The molecule has 3 heterocycles. The summed E-state index contributed by atoms with van der Waals surface area (Å²) in [5.41, 5.74) is 0.601. The zero-order valence-corrected chi connectivity index (χ0v) is 17.5.